The van der Waals surface area contributed by atoms with Gasteiger partial charge in [-0.15, -0.1) is 0 Å². The largest absolute Gasteiger partial charge is 0.444 e. The molecule has 29 heavy (non-hydrogen) atoms. The number of carbonyl (C=O) groups excluding carboxylic acids is 2. The van der Waals surface area contributed by atoms with Crippen molar-refractivity contribution < 1.29 is 14.3 Å². The molecule has 1 aromatic heterocycles. The molecule has 2 aromatic carbocycles. The van der Waals surface area contributed by atoms with Gasteiger partial charge in [0, 0.05) is 11.6 Å². The third kappa shape index (κ3) is 4.17. The maximum atomic E-state index is 13.0. The second-order valence-electron chi connectivity index (χ2n) is 6.98. The number of halogens is 1. The number of nitrogens with one attached hydrogen (secondary N) is 1. The fourth-order valence-electron chi connectivity index (χ4n) is 3.04. The van der Waals surface area contributed by atoms with E-state index in [-0.39, 0.29) is 22.7 Å². The Morgan fingerprint density at radius 1 is 1.10 bits per heavy atom. The van der Waals surface area contributed by atoms with Gasteiger partial charge >= 0.3 is 5.97 Å². The Morgan fingerprint density at radius 2 is 1.72 bits per heavy atom. The molecule has 148 valence electrons. The van der Waals surface area contributed by atoms with Gasteiger partial charge in [0.25, 0.3) is 5.91 Å². The molecule has 0 bridgehead atoms. The number of hydrogen-bond donors (Lipinski definition) is 1. The van der Waals surface area contributed by atoms with Gasteiger partial charge in [0.05, 0.1) is 11.4 Å². The van der Waals surface area contributed by atoms with E-state index in [1.165, 1.54) is 4.68 Å². The van der Waals surface area contributed by atoms with Crippen LogP contribution in [0, 0.1) is 6.92 Å². The van der Waals surface area contributed by atoms with Gasteiger partial charge in [0.15, 0.2) is 0 Å². The predicted octanol–water partition coefficient (Wildman–Crippen LogP) is 4.01. The lowest BCUT2D eigenvalue weighted by atomic mass is 10.1. The Morgan fingerprint density at radius 3 is 2.34 bits per heavy atom. The zero-order valence-corrected chi connectivity index (χ0v) is 16.6. The van der Waals surface area contributed by atoms with Gasteiger partial charge in [0.1, 0.15) is 10.7 Å². The van der Waals surface area contributed by atoms with Crippen molar-refractivity contribution >= 4 is 23.5 Å². The maximum absolute atomic E-state index is 13.0. The summed E-state index contributed by atoms with van der Waals surface area (Å²) >= 11 is 6.46. The first-order valence-corrected chi connectivity index (χ1v) is 9.79. The van der Waals surface area contributed by atoms with Crippen LogP contribution in [0.2, 0.25) is 5.15 Å². The summed E-state index contributed by atoms with van der Waals surface area (Å²) < 4.78 is 7.12. The highest BCUT2D eigenvalue weighted by Crippen LogP contribution is 2.28. The fourth-order valence-corrected chi connectivity index (χ4v) is 3.39. The highest BCUT2D eigenvalue weighted by Gasteiger charge is 2.32. The Bertz CT molecular complexity index is 1030. The first-order chi connectivity index (χ1) is 14.0. The molecule has 0 radical (unpaired) electrons. The normalized spacial score (nSPS) is 14.3. The lowest BCUT2D eigenvalue weighted by Gasteiger charge is -2.18. The molecular formula is C22H20ClN3O3. The molecule has 1 aliphatic rings. The number of para-hydroxylation sites is 1. The van der Waals surface area contributed by atoms with E-state index in [2.05, 4.69) is 10.4 Å². The number of aryl methyl sites for hydroxylation is 1. The Kier molecular flexibility index (Phi) is 5.36. The predicted molar refractivity (Wildman–Crippen MR) is 109 cm³/mol. The van der Waals surface area contributed by atoms with Crippen molar-refractivity contribution in [1.82, 2.24) is 15.1 Å². The van der Waals surface area contributed by atoms with Gasteiger partial charge in [-0.25, -0.2) is 9.48 Å². The van der Waals surface area contributed by atoms with Crippen LogP contribution < -0.4 is 5.32 Å². The third-order valence-electron chi connectivity index (χ3n) is 4.70. The standard InChI is InChI=1S/C22H20ClN3O3/c1-14-18(20(23)26(25-14)17-10-6-3-7-11-17)22(28)29-19(15-8-4-2-5-9-15)21(27)24-16-12-13-16/h2-11,16,19H,12-13H2,1H3,(H,24,27)/t19-/m1/s1. The molecular weight excluding hydrogens is 390 g/mol. The lowest BCUT2D eigenvalue weighted by molar-refractivity contribution is -0.130. The van der Waals surface area contributed by atoms with Crippen LogP contribution >= 0.6 is 11.6 Å². The minimum atomic E-state index is -1.06. The third-order valence-corrected chi connectivity index (χ3v) is 5.05. The maximum Gasteiger partial charge on any atom is 0.344 e. The highest BCUT2D eigenvalue weighted by molar-refractivity contribution is 6.33. The Labute approximate surface area is 173 Å². The van der Waals surface area contributed by atoms with Gasteiger partial charge in [-0.2, -0.15) is 5.10 Å². The Hall–Kier alpha value is -3.12. The zero-order chi connectivity index (χ0) is 20.4. The smallest absolute Gasteiger partial charge is 0.344 e. The van der Waals surface area contributed by atoms with Gasteiger partial charge in [-0.1, -0.05) is 60.1 Å². The van der Waals surface area contributed by atoms with Gasteiger partial charge in [-0.05, 0) is 31.9 Å². The Balaban J connectivity index is 1.62. The average Bonchev–Trinajstić information content (AvgIpc) is 3.50. The first-order valence-electron chi connectivity index (χ1n) is 9.41. The van der Waals surface area contributed by atoms with Crippen molar-refractivity contribution in [3.05, 3.63) is 82.6 Å². The molecule has 1 fully saturated rings. The van der Waals surface area contributed by atoms with Gasteiger partial charge < -0.3 is 10.1 Å². The second kappa shape index (κ2) is 8.09. The van der Waals surface area contributed by atoms with Crippen molar-refractivity contribution in [2.75, 3.05) is 0 Å². The van der Waals surface area contributed by atoms with E-state index < -0.39 is 12.1 Å². The van der Waals surface area contributed by atoms with Crippen LogP contribution in [-0.4, -0.2) is 27.7 Å². The van der Waals surface area contributed by atoms with Crippen molar-refractivity contribution in [2.45, 2.75) is 31.9 Å². The summed E-state index contributed by atoms with van der Waals surface area (Å²) in [7, 11) is 0. The monoisotopic (exact) mass is 409 g/mol. The minimum Gasteiger partial charge on any atom is -0.444 e. The molecule has 0 aliphatic heterocycles. The fraction of sp³-hybridized carbons (Fsp3) is 0.227. The molecule has 1 heterocycles. The molecule has 1 aliphatic carbocycles. The molecule has 4 rings (SSSR count). The van der Waals surface area contributed by atoms with Crippen LogP contribution in [0.5, 0.6) is 0 Å². The highest BCUT2D eigenvalue weighted by atomic mass is 35.5. The average molecular weight is 410 g/mol. The van der Waals surface area contributed by atoms with E-state index in [0.717, 1.165) is 18.5 Å². The molecule has 1 atom stereocenters. The number of hydrogen-bond acceptors (Lipinski definition) is 4. The molecule has 1 saturated carbocycles. The molecule has 6 nitrogen and oxygen atoms in total. The quantitative estimate of drug-likeness (QED) is 0.624. The summed E-state index contributed by atoms with van der Waals surface area (Å²) in [5.74, 6) is -1.02. The molecule has 0 spiro atoms. The lowest BCUT2D eigenvalue weighted by Crippen LogP contribution is -2.33. The topological polar surface area (TPSA) is 73.2 Å². The van der Waals surface area contributed by atoms with Crippen molar-refractivity contribution in [3.63, 3.8) is 0 Å². The van der Waals surface area contributed by atoms with Crippen molar-refractivity contribution in [3.8, 4) is 5.69 Å². The summed E-state index contributed by atoms with van der Waals surface area (Å²) in [4.78, 5) is 25.7. The number of nitrogens with zero attached hydrogens (tertiary/aromatic N) is 2. The molecule has 1 amide bonds. The summed E-state index contributed by atoms with van der Waals surface area (Å²) in [6.07, 6.45) is 0.825. The molecule has 0 unspecified atom stereocenters. The molecule has 0 saturated heterocycles. The zero-order valence-electron chi connectivity index (χ0n) is 15.8. The summed E-state index contributed by atoms with van der Waals surface area (Å²) in [6, 6.07) is 18.4. The number of amides is 1. The van der Waals surface area contributed by atoms with E-state index in [1.54, 1.807) is 31.2 Å². The molecule has 1 N–H and O–H groups in total. The number of aromatic nitrogens is 2. The number of benzene rings is 2. The van der Waals surface area contributed by atoms with E-state index >= 15 is 0 Å². The van der Waals surface area contributed by atoms with Crippen LogP contribution in [0.1, 0.15) is 40.6 Å². The van der Waals surface area contributed by atoms with Crippen LogP contribution in [0.25, 0.3) is 5.69 Å². The van der Waals surface area contributed by atoms with Crippen molar-refractivity contribution in [2.24, 2.45) is 0 Å². The van der Waals surface area contributed by atoms with Crippen molar-refractivity contribution in [1.29, 1.82) is 0 Å². The van der Waals surface area contributed by atoms with Crippen LogP contribution in [0.3, 0.4) is 0 Å². The van der Waals surface area contributed by atoms with Crippen LogP contribution in [-0.2, 0) is 9.53 Å². The van der Waals surface area contributed by atoms with E-state index in [9.17, 15) is 9.59 Å². The minimum absolute atomic E-state index is 0.146. The number of ether oxygens (including phenoxy) is 1. The first kappa shape index (κ1) is 19.2. The van der Waals surface area contributed by atoms with Gasteiger partial charge in [-0.3, -0.25) is 4.79 Å². The van der Waals surface area contributed by atoms with E-state index in [1.807, 2.05) is 36.4 Å². The molecule has 7 heteroatoms. The second-order valence-corrected chi connectivity index (χ2v) is 7.34. The van der Waals surface area contributed by atoms with E-state index in [0.29, 0.717) is 11.3 Å². The summed E-state index contributed by atoms with van der Waals surface area (Å²) in [5, 5.41) is 7.41. The molecule has 3 aromatic rings. The van der Waals surface area contributed by atoms with E-state index in [4.69, 9.17) is 16.3 Å². The number of carbonyl (C=O) groups is 2. The van der Waals surface area contributed by atoms with Crippen LogP contribution in [0.4, 0.5) is 0 Å². The van der Waals surface area contributed by atoms with Crippen LogP contribution in [0.15, 0.2) is 60.7 Å². The summed E-state index contributed by atoms with van der Waals surface area (Å²) in [6.45, 7) is 1.68. The number of esters is 1. The van der Waals surface area contributed by atoms with Gasteiger partial charge in [0.2, 0.25) is 6.10 Å². The number of rotatable bonds is 6. The summed E-state index contributed by atoms with van der Waals surface area (Å²) in [5.41, 5.74) is 1.91. The SMILES string of the molecule is Cc1nn(-c2ccccc2)c(Cl)c1C(=O)O[C@@H](C(=O)NC1CC1)c1ccccc1.